The van der Waals surface area contributed by atoms with Crippen LogP contribution in [0.3, 0.4) is 0 Å². The number of fused-ring (bicyclic) bond motifs is 4. The van der Waals surface area contributed by atoms with E-state index in [-0.39, 0.29) is 5.41 Å². The van der Waals surface area contributed by atoms with Gasteiger partial charge in [0.05, 0.1) is 0 Å². The van der Waals surface area contributed by atoms with Crippen molar-refractivity contribution in [1.29, 1.82) is 0 Å². The Morgan fingerprint density at radius 3 is 2.02 bits per heavy atom. The van der Waals surface area contributed by atoms with Crippen LogP contribution in [-0.2, 0) is 11.8 Å². The molecule has 0 atom stereocenters. The summed E-state index contributed by atoms with van der Waals surface area (Å²) in [6, 6.07) is 46.6. The molecule has 2 aromatic heterocycles. The van der Waals surface area contributed by atoms with Gasteiger partial charge in [-0.2, -0.15) is 0 Å². The molecule has 2 heteroatoms. The molecule has 0 spiro atoms. The Morgan fingerprint density at radius 1 is 0.574 bits per heavy atom. The maximum Gasteiger partial charge on any atom is 0.136 e. The molecule has 1 nitrogen and oxygen atoms in total. The Kier molecular flexibility index (Phi) is 6.38. The molecule has 9 rings (SSSR count). The van der Waals surface area contributed by atoms with Gasteiger partial charge in [0, 0.05) is 25.8 Å². The van der Waals surface area contributed by atoms with Gasteiger partial charge in [0.2, 0.25) is 0 Å². The van der Waals surface area contributed by atoms with E-state index >= 15 is 0 Å². The summed E-state index contributed by atoms with van der Waals surface area (Å²) in [5.41, 5.74) is 9.43. The fourth-order valence-corrected chi connectivity index (χ4v) is 8.98. The molecule has 0 aliphatic carbocycles. The van der Waals surface area contributed by atoms with Gasteiger partial charge in [-0.3, -0.25) is 0 Å². The third kappa shape index (κ3) is 4.51. The average molecular weight is 623 g/mol. The summed E-state index contributed by atoms with van der Waals surface area (Å²) in [4.78, 5) is 1.45. The first-order chi connectivity index (χ1) is 23.0. The van der Waals surface area contributed by atoms with Crippen LogP contribution in [0.25, 0.3) is 81.9 Å². The van der Waals surface area contributed by atoms with E-state index in [1.165, 1.54) is 80.7 Å². The zero-order valence-electron chi connectivity index (χ0n) is 26.8. The molecule has 226 valence electrons. The van der Waals surface area contributed by atoms with Crippen LogP contribution < -0.4 is 0 Å². The highest BCUT2D eigenvalue weighted by atomic mass is 32.1. The van der Waals surface area contributed by atoms with Crippen molar-refractivity contribution in [2.75, 3.05) is 0 Å². The van der Waals surface area contributed by atoms with Crippen LogP contribution in [0.4, 0.5) is 0 Å². The van der Waals surface area contributed by atoms with Crippen molar-refractivity contribution >= 4 is 71.0 Å². The molecule has 0 saturated heterocycles. The molecule has 47 heavy (non-hydrogen) atoms. The topological polar surface area (TPSA) is 13.1 Å². The third-order valence-electron chi connectivity index (χ3n) is 9.82. The van der Waals surface area contributed by atoms with E-state index in [4.69, 9.17) is 4.42 Å². The second kappa shape index (κ2) is 10.7. The van der Waals surface area contributed by atoms with Crippen LogP contribution in [0.15, 0.2) is 138 Å². The van der Waals surface area contributed by atoms with Crippen molar-refractivity contribution in [3.8, 4) is 22.3 Å². The second-order valence-electron chi connectivity index (χ2n) is 13.4. The van der Waals surface area contributed by atoms with Crippen LogP contribution in [0.1, 0.15) is 36.8 Å². The molecule has 2 heterocycles. The molecule has 0 aliphatic heterocycles. The number of furan rings is 1. The minimum atomic E-state index is 0.00886. The van der Waals surface area contributed by atoms with Crippen molar-refractivity contribution in [3.63, 3.8) is 0 Å². The lowest BCUT2D eigenvalue weighted by atomic mass is 9.81. The number of rotatable bonds is 6. The highest BCUT2D eigenvalue weighted by Crippen LogP contribution is 2.45. The minimum Gasteiger partial charge on any atom is -0.456 e. The molecule has 0 aliphatic rings. The van der Waals surface area contributed by atoms with Crippen LogP contribution in [0.2, 0.25) is 0 Å². The Bertz CT molecular complexity index is 2630. The van der Waals surface area contributed by atoms with E-state index < -0.39 is 0 Å². The SMILES string of the molecule is C/C=C\c1c(C(C)(C)Cc2ccc(-c3cccc(-c4cc5oc6cccc7c8ccccc8c(c4)c5c67)c3)cc2)sc2ccccc12. The molecule has 0 amide bonds. The second-order valence-corrected chi connectivity index (χ2v) is 14.5. The van der Waals surface area contributed by atoms with Crippen molar-refractivity contribution in [2.45, 2.75) is 32.6 Å². The van der Waals surface area contributed by atoms with Crippen LogP contribution in [0, 0.1) is 0 Å². The summed E-state index contributed by atoms with van der Waals surface area (Å²) in [5.74, 6) is 0. The summed E-state index contributed by atoms with van der Waals surface area (Å²) in [6.07, 6.45) is 5.42. The number of hydrogen-bond acceptors (Lipinski definition) is 2. The highest BCUT2D eigenvalue weighted by Gasteiger charge is 2.27. The van der Waals surface area contributed by atoms with Gasteiger partial charge in [0.1, 0.15) is 11.2 Å². The predicted octanol–water partition coefficient (Wildman–Crippen LogP) is 13.4. The summed E-state index contributed by atoms with van der Waals surface area (Å²) >= 11 is 1.94. The molecule has 7 aromatic carbocycles. The number of benzene rings is 7. The quantitative estimate of drug-likeness (QED) is 0.168. The van der Waals surface area contributed by atoms with E-state index in [1.54, 1.807) is 0 Å². The number of hydrogen-bond donors (Lipinski definition) is 0. The van der Waals surface area contributed by atoms with Crippen molar-refractivity contribution in [1.82, 2.24) is 0 Å². The third-order valence-corrected chi connectivity index (χ3v) is 11.4. The first-order valence-corrected chi connectivity index (χ1v) is 17.2. The molecule has 0 unspecified atom stereocenters. The Balaban J connectivity index is 1.07. The van der Waals surface area contributed by atoms with E-state index in [2.05, 4.69) is 160 Å². The van der Waals surface area contributed by atoms with Crippen LogP contribution in [-0.4, -0.2) is 0 Å². The first-order valence-electron chi connectivity index (χ1n) is 16.4. The van der Waals surface area contributed by atoms with Crippen molar-refractivity contribution in [3.05, 3.63) is 149 Å². The highest BCUT2D eigenvalue weighted by molar-refractivity contribution is 7.19. The Labute approximate surface area is 278 Å². The molecule has 0 bridgehead atoms. The molecule has 0 fully saturated rings. The minimum absolute atomic E-state index is 0.00886. The summed E-state index contributed by atoms with van der Waals surface area (Å²) in [7, 11) is 0. The summed E-state index contributed by atoms with van der Waals surface area (Å²) in [6.45, 7) is 6.87. The van der Waals surface area contributed by atoms with E-state index in [9.17, 15) is 0 Å². The largest absolute Gasteiger partial charge is 0.456 e. The lowest BCUT2D eigenvalue weighted by Crippen LogP contribution is -2.20. The fraction of sp³-hybridized carbons (Fsp3) is 0.111. The Hall–Kier alpha value is -5.18. The van der Waals surface area contributed by atoms with Crippen LogP contribution in [0.5, 0.6) is 0 Å². The molecule has 0 saturated carbocycles. The lowest BCUT2D eigenvalue weighted by molar-refractivity contribution is 0.533. The zero-order valence-corrected chi connectivity index (χ0v) is 27.6. The maximum atomic E-state index is 6.48. The summed E-state index contributed by atoms with van der Waals surface area (Å²) in [5, 5.41) is 8.85. The van der Waals surface area contributed by atoms with E-state index in [1.807, 2.05) is 11.3 Å². The number of allylic oxidation sites excluding steroid dienone is 1. The van der Waals surface area contributed by atoms with E-state index in [0.29, 0.717) is 0 Å². The first kappa shape index (κ1) is 28.1. The van der Waals surface area contributed by atoms with E-state index in [0.717, 1.165) is 17.6 Å². The lowest BCUT2D eigenvalue weighted by Gasteiger charge is -2.25. The van der Waals surface area contributed by atoms with Gasteiger partial charge in [0.25, 0.3) is 0 Å². The van der Waals surface area contributed by atoms with Gasteiger partial charge in [-0.1, -0.05) is 123 Å². The van der Waals surface area contributed by atoms with Crippen LogP contribution >= 0.6 is 11.3 Å². The van der Waals surface area contributed by atoms with Gasteiger partial charge in [-0.25, -0.2) is 0 Å². The molecular weight excluding hydrogens is 589 g/mol. The zero-order chi connectivity index (χ0) is 31.7. The number of thiophene rings is 1. The summed E-state index contributed by atoms with van der Waals surface area (Å²) < 4.78 is 7.84. The Morgan fingerprint density at radius 2 is 1.23 bits per heavy atom. The molecular formula is C45H34OS. The van der Waals surface area contributed by atoms with Crippen molar-refractivity contribution < 1.29 is 4.42 Å². The average Bonchev–Trinajstić information content (AvgIpc) is 3.67. The monoisotopic (exact) mass is 622 g/mol. The molecule has 0 N–H and O–H groups in total. The molecule has 9 aromatic rings. The normalized spacial score (nSPS) is 12.6. The molecule has 0 radical (unpaired) electrons. The van der Waals surface area contributed by atoms with Gasteiger partial charge < -0.3 is 4.42 Å². The predicted molar refractivity (Wildman–Crippen MR) is 204 cm³/mol. The fourth-order valence-electron chi connectivity index (χ4n) is 7.69. The van der Waals surface area contributed by atoms with Gasteiger partial charge in [-0.05, 0) is 104 Å². The smallest absolute Gasteiger partial charge is 0.136 e. The van der Waals surface area contributed by atoms with Crippen molar-refractivity contribution in [2.24, 2.45) is 0 Å². The standard InChI is InChI=1S/C45H34OS/c1-4-11-37-35-16-7-8-19-41(35)47-44(37)45(2,3)27-28-20-22-29(23-21-28)30-12-9-13-31(24-30)32-25-38-34-15-6-5-14-33(34)36-17-10-18-39-42(36)43(38)40(26-32)46-39/h4-26H,27H2,1-3H3/b11-4-. The maximum absolute atomic E-state index is 6.48. The van der Waals surface area contributed by atoms with Gasteiger partial charge in [-0.15, -0.1) is 11.3 Å². The van der Waals surface area contributed by atoms with Gasteiger partial charge >= 0.3 is 0 Å². The van der Waals surface area contributed by atoms with Gasteiger partial charge in [0.15, 0.2) is 0 Å².